The molecular formula is C17H23NO4. The van der Waals surface area contributed by atoms with E-state index in [2.05, 4.69) is 0 Å². The van der Waals surface area contributed by atoms with Gasteiger partial charge in [0.15, 0.2) is 0 Å². The molecule has 120 valence electrons. The first-order valence-electron chi connectivity index (χ1n) is 7.53. The number of methoxy groups -OCH3 is 1. The first kappa shape index (κ1) is 16.3. The molecular weight excluding hydrogens is 282 g/mol. The SMILES string of the molecule is COc1ccc(C2(C(=O)N(C)CC(C)C(=O)O)CCC2)cc1. The molecule has 22 heavy (non-hydrogen) atoms. The first-order valence-corrected chi connectivity index (χ1v) is 7.53. The van der Waals surface area contributed by atoms with E-state index in [1.54, 1.807) is 26.0 Å². The Bertz CT molecular complexity index is 548. The molecule has 1 aromatic rings. The zero-order valence-corrected chi connectivity index (χ0v) is 13.3. The number of carbonyl (C=O) groups excluding carboxylic acids is 1. The molecule has 2 rings (SSSR count). The number of hydrogen-bond acceptors (Lipinski definition) is 3. The van der Waals surface area contributed by atoms with Gasteiger partial charge in [0, 0.05) is 13.6 Å². The summed E-state index contributed by atoms with van der Waals surface area (Å²) >= 11 is 0. The lowest BCUT2D eigenvalue weighted by molar-refractivity contribution is -0.145. The van der Waals surface area contributed by atoms with E-state index in [0.29, 0.717) is 0 Å². The standard InChI is InChI=1S/C17H23NO4/c1-12(15(19)20)11-18(2)16(21)17(9-4-10-17)13-5-7-14(22-3)8-6-13/h5-8,12H,4,9-11H2,1-3H3,(H,19,20). The monoisotopic (exact) mass is 305 g/mol. The van der Waals surface area contributed by atoms with E-state index in [1.807, 2.05) is 24.3 Å². The third kappa shape index (κ3) is 2.93. The van der Waals surface area contributed by atoms with E-state index in [0.717, 1.165) is 30.6 Å². The van der Waals surface area contributed by atoms with E-state index >= 15 is 0 Å². The van der Waals surface area contributed by atoms with Crippen LogP contribution < -0.4 is 4.74 Å². The van der Waals surface area contributed by atoms with Gasteiger partial charge in [0.05, 0.1) is 18.4 Å². The molecule has 0 radical (unpaired) electrons. The van der Waals surface area contributed by atoms with Gasteiger partial charge in [0.1, 0.15) is 5.75 Å². The summed E-state index contributed by atoms with van der Waals surface area (Å²) in [4.78, 5) is 25.4. The molecule has 1 unspecified atom stereocenters. The summed E-state index contributed by atoms with van der Waals surface area (Å²) in [6, 6.07) is 7.60. The molecule has 0 aromatic heterocycles. The van der Waals surface area contributed by atoms with E-state index in [1.165, 1.54) is 0 Å². The Morgan fingerprint density at radius 3 is 2.32 bits per heavy atom. The highest BCUT2D eigenvalue weighted by molar-refractivity contribution is 5.89. The summed E-state index contributed by atoms with van der Waals surface area (Å²) in [5.74, 6) is -0.677. The Kier molecular flexibility index (Phi) is 4.74. The van der Waals surface area contributed by atoms with Crippen molar-refractivity contribution in [3.8, 4) is 5.75 Å². The predicted molar refractivity (Wildman–Crippen MR) is 83.0 cm³/mol. The number of likely N-dealkylation sites (N-methyl/N-ethyl adjacent to an activating group) is 1. The highest BCUT2D eigenvalue weighted by atomic mass is 16.5. The van der Waals surface area contributed by atoms with Crippen LogP contribution in [0.3, 0.4) is 0 Å². The minimum Gasteiger partial charge on any atom is -0.497 e. The quantitative estimate of drug-likeness (QED) is 0.875. The molecule has 1 N–H and O–H groups in total. The van der Waals surface area contributed by atoms with Crippen molar-refractivity contribution in [3.63, 3.8) is 0 Å². The largest absolute Gasteiger partial charge is 0.497 e. The second-order valence-corrected chi connectivity index (χ2v) is 6.09. The molecule has 0 spiro atoms. The Morgan fingerprint density at radius 1 is 1.32 bits per heavy atom. The molecule has 0 saturated heterocycles. The molecule has 1 atom stereocenters. The summed E-state index contributed by atoms with van der Waals surface area (Å²) in [7, 11) is 3.30. The van der Waals surface area contributed by atoms with Crippen molar-refractivity contribution in [2.24, 2.45) is 5.92 Å². The topological polar surface area (TPSA) is 66.8 Å². The number of amides is 1. The summed E-state index contributed by atoms with van der Waals surface area (Å²) in [5.41, 5.74) is 0.485. The van der Waals surface area contributed by atoms with Gasteiger partial charge in [-0.3, -0.25) is 9.59 Å². The van der Waals surface area contributed by atoms with Crippen LogP contribution in [0.25, 0.3) is 0 Å². The summed E-state index contributed by atoms with van der Waals surface area (Å²) in [6.07, 6.45) is 2.63. The molecule has 1 saturated carbocycles. The van der Waals surface area contributed by atoms with E-state index in [-0.39, 0.29) is 12.5 Å². The second kappa shape index (κ2) is 6.38. The molecule has 0 bridgehead atoms. The van der Waals surface area contributed by atoms with Crippen molar-refractivity contribution < 1.29 is 19.4 Å². The summed E-state index contributed by atoms with van der Waals surface area (Å²) < 4.78 is 5.16. The number of nitrogens with zero attached hydrogens (tertiary/aromatic N) is 1. The minimum absolute atomic E-state index is 0.0111. The minimum atomic E-state index is -0.883. The van der Waals surface area contributed by atoms with Crippen molar-refractivity contribution in [2.75, 3.05) is 20.7 Å². The molecule has 5 heteroatoms. The van der Waals surface area contributed by atoms with Crippen LogP contribution in [0.4, 0.5) is 0 Å². The fourth-order valence-corrected chi connectivity index (χ4v) is 3.00. The second-order valence-electron chi connectivity index (χ2n) is 6.09. The van der Waals surface area contributed by atoms with E-state index in [9.17, 15) is 9.59 Å². The van der Waals surface area contributed by atoms with Gasteiger partial charge < -0.3 is 14.7 Å². The lowest BCUT2D eigenvalue weighted by Crippen LogP contribution is -2.51. The number of hydrogen-bond donors (Lipinski definition) is 1. The number of carboxylic acid groups (broad SMARTS) is 1. The van der Waals surface area contributed by atoms with Crippen LogP contribution in [-0.2, 0) is 15.0 Å². The fraction of sp³-hybridized carbons (Fsp3) is 0.529. The average Bonchev–Trinajstić information content (AvgIpc) is 2.46. The van der Waals surface area contributed by atoms with Crippen LogP contribution >= 0.6 is 0 Å². The average molecular weight is 305 g/mol. The third-order valence-electron chi connectivity index (χ3n) is 4.58. The van der Waals surface area contributed by atoms with Crippen molar-refractivity contribution in [1.82, 2.24) is 4.90 Å². The number of carbonyl (C=O) groups is 2. The number of ether oxygens (including phenoxy) is 1. The number of benzene rings is 1. The lowest BCUT2D eigenvalue weighted by Gasteiger charge is -2.43. The maximum Gasteiger partial charge on any atom is 0.308 e. The number of aliphatic carboxylic acids is 1. The molecule has 5 nitrogen and oxygen atoms in total. The molecule has 1 fully saturated rings. The van der Waals surface area contributed by atoms with Crippen molar-refractivity contribution in [1.29, 1.82) is 0 Å². The van der Waals surface area contributed by atoms with Crippen LogP contribution in [0.5, 0.6) is 5.75 Å². The van der Waals surface area contributed by atoms with Crippen molar-refractivity contribution >= 4 is 11.9 Å². The Morgan fingerprint density at radius 2 is 1.91 bits per heavy atom. The fourth-order valence-electron chi connectivity index (χ4n) is 3.00. The molecule has 1 aliphatic carbocycles. The normalized spacial score (nSPS) is 17.2. The highest BCUT2D eigenvalue weighted by Crippen LogP contribution is 2.45. The van der Waals surface area contributed by atoms with Gasteiger partial charge in [-0.05, 0) is 30.5 Å². The highest BCUT2D eigenvalue weighted by Gasteiger charge is 2.47. The van der Waals surface area contributed by atoms with Gasteiger partial charge in [0.25, 0.3) is 0 Å². The first-order chi connectivity index (χ1) is 10.4. The van der Waals surface area contributed by atoms with Crippen LogP contribution in [0, 0.1) is 5.92 Å². The third-order valence-corrected chi connectivity index (χ3v) is 4.58. The van der Waals surface area contributed by atoms with E-state index in [4.69, 9.17) is 9.84 Å². The summed E-state index contributed by atoms with van der Waals surface area (Å²) in [5, 5.41) is 9.01. The number of rotatable bonds is 6. The van der Waals surface area contributed by atoms with Gasteiger partial charge in [-0.15, -0.1) is 0 Å². The molecule has 1 aromatic carbocycles. The molecule has 0 heterocycles. The predicted octanol–water partition coefficient (Wildman–Crippen LogP) is 2.30. The van der Waals surface area contributed by atoms with Gasteiger partial charge in [-0.2, -0.15) is 0 Å². The molecule has 0 aliphatic heterocycles. The maximum absolute atomic E-state index is 12.9. The Labute approximate surface area is 130 Å². The Balaban J connectivity index is 2.18. The van der Waals surface area contributed by atoms with Crippen LogP contribution in [0.2, 0.25) is 0 Å². The van der Waals surface area contributed by atoms with Gasteiger partial charge >= 0.3 is 5.97 Å². The summed E-state index contributed by atoms with van der Waals surface area (Å²) in [6.45, 7) is 1.85. The number of carboxylic acids is 1. The van der Waals surface area contributed by atoms with Crippen LogP contribution in [0.1, 0.15) is 31.7 Å². The zero-order chi connectivity index (χ0) is 16.3. The smallest absolute Gasteiger partial charge is 0.308 e. The van der Waals surface area contributed by atoms with Crippen LogP contribution in [0.15, 0.2) is 24.3 Å². The molecule has 1 aliphatic rings. The van der Waals surface area contributed by atoms with Gasteiger partial charge in [-0.1, -0.05) is 25.5 Å². The molecule has 1 amide bonds. The zero-order valence-electron chi connectivity index (χ0n) is 13.3. The van der Waals surface area contributed by atoms with Crippen molar-refractivity contribution in [2.45, 2.75) is 31.6 Å². The maximum atomic E-state index is 12.9. The Hall–Kier alpha value is -2.04. The van der Waals surface area contributed by atoms with Gasteiger partial charge in [0.2, 0.25) is 5.91 Å². The van der Waals surface area contributed by atoms with Crippen molar-refractivity contribution in [3.05, 3.63) is 29.8 Å². The lowest BCUT2D eigenvalue weighted by atomic mass is 9.63. The van der Waals surface area contributed by atoms with Crippen LogP contribution in [-0.4, -0.2) is 42.6 Å². The van der Waals surface area contributed by atoms with E-state index < -0.39 is 17.3 Å². The van der Waals surface area contributed by atoms with Gasteiger partial charge in [-0.25, -0.2) is 0 Å².